The molecule has 38 heavy (non-hydrogen) atoms. The van der Waals surface area contributed by atoms with E-state index in [-0.39, 0.29) is 23.2 Å². The molecule has 0 unspecified atom stereocenters. The van der Waals surface area contributed by atoms with Crippen molar-refractivity contribution in [1.82, 2.24) is 15.0 Å². The van der Waals surface area contributed by atoms with E-state index in [0.717, 1.165) is 16.6 Å². The number of ether oxygens (including phenoxy) is 3. The van der Waals surface area contributed by atoms with E-state index in [1.54, 1.807) is 12.3 Å². The van der Waals surface area contributed by atoms with Crippen molar-refractivity contribution in [3.63, 3.8) is 0 Å². The number of allylic oxidation sites excluding steroid dienone is 1. The molecular weight excluding hydrogens is 527 g/mol. The lowest BCUT2D eigenvalue weighted by atomic mass is 9.89. The summed E-state index contributed by atoms with van der Waals surface area (Å²) in [6.45, 7) is 11.0. The van der Waals surface area contributed by atoms with Crippen LogP contribution < -0.4 is 14.8 Å². The zero-order valence-corrected chi connectivity index (χ0v) is 23.7. The van der Waals surface area contributed by atoms with Gasteiger partial charge < -0.3 is 19.5 Å². The normalized spacial score (nSPS) is 17.4. The Bertz CT molecular complexity index is 1350. The molecule has 0 bridgehead atoms. The number of anilines is 1. The predicted octanol–water partition coefficient (Wildman–Crippen LogP) is 6.18. The van der Waals surface area contributed by atoms with Crippen molar-refractivity contribution >= 4 is 45.8 Å². The van der Waals surface area contributed by atoms with Crippen molar-refractivity contribution in [3.8, 4) is 22.8 Å². The van der Waals surface area contributed by atoms with Crippen LogP contribution in [0.15, 0.2) is 31.0 Å². The zero-order valence-electron chi connectivity index (χ0n) is 22.2. The van der Waals surface area contributed by atoms with E-state index in [1.807, 2.05) is 6.07 Å². The molecule has 1 aliphatic rings. The van der Waals surface area contributed by atoms with Gasteiger partial charge >= 0.3 is 0 Å². The van der Waals surface area contributed by atoms with Crippen molar-refractivity contribution in [2.45, 2.75) is 39.7 Å². The number of hydrogen-bond donors (Lipinski definition) is 1. The van der Waals surface area contributed by atoms with Crippen LogP contribution in [0.25, 0.3) is 22.2 Å². The second-order valence-electron chi connectivity index (χ2n) is 10.5. The predicted molar refractivity (Wildman–Crippen MR) is 151 cm³/mol. The number of carbonyl (C=O) groups excluding carboxylic acids is 1. The molecule has 10 heteroatoms. The fraction of sp³-hybridized carbons (Fsp3) is 0.429. The maximum absolute atomic E-state index is 11.9. The third kappa shape index (κ3) is 6.03. The summed E-state index contributed by atoms with van der Waals surface area (Å²) in [6.07, 6.45) is 4.11. The first-order valence-electron chi connectivity index (χ1n) is 12.3. The fourth-order valence-corrected chi connectivity index (χ4v) is 5.20. The molecule has 1 aliphatic heterocycles. The molecule has 8 nitrogen and oxygen atoms in total. The molecule has 0 spiro atoms. The van der Waals surface area contributed by atoms with Crippen molar-refractivity contribution in [3.05, 3.63) is 46.7 Å². The van der Waals surface area contributed by atoms with Crippen molar-refractivity contribution in [2.75, 3.05) is 32.8 Å². The standard InChI is InChI=1S/C28H32Cl2N4O4/c1-7-17(35)8-16-13-38-14-20(16)33-27-31-12-15-9-18(32-19(26(15)34-27)11-28(2,3)4)23-24(29)21(36-5)10-22(37-6)25(23)30/h7,9-10,12,16,20H,1,8,11,13-14H2,2-6H3,(H,31,33,34)/t16-,20+/m0/s1. The summed E-state index contributed by atoms with van der Waals surface area (Å²) in [4.78, 5) is 26.3. The largest absolute Gasteiger partial charge is 0.495 e. The Morgan fingerprint density at radius 2 is 1.84 bits per heavy atom. The highest BCUT2D eigenvalue weighted by atomic mass is 35.5. The summed E-state index contributed by atoms with van der Waals surface area (Å²) in [5, 5.41) is 4.83. The Morgan fingerprint density at radius 3 is 2.45 bits per heavy atom. The van der Waals surface area contributed by atoms with Gasteiger partial charge in [0.2, 0.25) is 5.95 Å². The van der Waals surface area contributed by atoms with Crippen LogP contribution in [0.5, 0.6) is 11.5 Å². The Kier molecular flexibility index (Phi) is 8.45. The van der Waals surface area contributed by atoms with Crippen LogP contribution in [0.4, 0.5) is 5.95 Å². The molecule has 2 aromatic heterocycles. The number of aromatic nitrogens is 3. The monoisotopic (exact) mass is 558 g/mol. The second kappa shape index (κ2) is 11.4. The third-order valence-corrected chi connectivity index (χ3v) is 7.12. The summed E-state index contributed by atoms with van der Waals surface area (Å²) < 4.78 is 16.5. The number of ketones is 1. The number of fused-ring (bicyclic) bond motifs is 1. The second-order valence-corrected chi connectivity index (χ2v) is 11.3. The summed E-state index contributed by atoms with van der Waals surface area (Å²) in [5.41, 5.74) is 2.51. The topological polar surface area (TPSA) is 95.5 Å². The molecule has 3 heterocycles. The first kappa shape index (κ1) is 28.1. The smallest absolute Gasteiger partial charge is 0.223 e. The van der Waals surface area contributed by atoms with Crippen LogP contribution in [0.3, 0.4) is 0 Å². The first-order valence-corrected chi connectivity index (χ1v) is 13.1. The van der Waals surface area contributed by atoms with Crippen LogP contribution in [-0.2, 0) is 16.0 Å². The van der Waals surface area contributed by atoms with Crippen LogP contribution in [0.2, 0.25) is 10.0 Å². The van der Waals surface area contributed by atoms with Gasteiger partial charge in [-0.15, -0.1) is 0 Å². The molecule has 0 radical (unpaired) electrons. The quantitative estimate of drug-likeness (QED) is 0.311. The highest BCUT2D eigenvalue weighted by molar-refractivity contribution is 6.41. The molecule has 1 saturated heterocycles. The lowest BCUT2D eigenvalue weighted by Crippen LogP contribution is -2.30. The number of methoxy groups -OCH3 is 2. The van der Waals surface area contributed by atoms with Crippen molar-refractivity contribution < 1.29 is 19.0 Å². The highest BCUT2D eigenvalue weighted by Gasteiger charge is 2.30. The minimum atomic E-state index is -0.0866. The van der Waals surface area contributed by atoms with E-state index in [1.165, 1.54) is 20.3 Å². The lowest BCUT2D eigenvalue weighted by Gasteiger charge is -2.21. The average molecular weight is 559 g/mol. The maximum Gasteiger partial charge on any atom is 0.223 e. The van der Waals surface area contributed by atoms with Gasteiger partial charge in [-0.2, -0.15) is 0 Å². The lowest BCUT2D eigenvalue weighted by molar-refractivity contribution is -0.115. The van der Waals surface area contributed by atoms with Gasteiger partial charge in [0.1, 0.15) is 11.5 Å². The Morgan fingerprint density at radius 1 is 1.16 bits per heavy atom. The van der Waals surface area contributed by atoms with Crippen LogP contribution in [0, 0.1) is 11.3 Å². The molecule has 1 fully saturated rings. The van der Waals surface area contributed by atoms with Gasteiger partial charge in [-0.05, 0) is 24.0 Å². The molecule has 1 N–H and O–H groups in total. The summed E-state index contributed by atoms with van der Waals surface area (Å²) in [7, 11) is 3.07. The Labute approximate surface area is 232 Å². The van der Waals surface area contributed by atoms with E-state index in [0.29, 0.717) is 64.8 Å². The van der Waals surface area contributed by atoms with E-state index in [4.69, 9.17) is 47.4 Å². The molecule has 3 aromatic rings. The SMILES string of the molecule is C=CC(=O)C[C@H]1COC[C@H]1Nc1ncc2cc(-c3c(Cl)c(OC)cc(OC)c3Cl)nc(CC(C)(C)C)c2n1. The Balaban J connectivity index is 1.80. The molecule has 202 valence electrons. The number of halogens is 2. The number of pyridine rings is 1. The summed E-state index contributed by atoms with van der Waals surface area (Å²) in [6, 6.07) is 3.42. The van der Waals surface area contributed by atoms with Gasteiger partial charge in [0.25, 0.3) is 0 Å². The van der Waals surface area contributed by atoms with Crippen molar-refractivity contribution in [2.24, 2.45) is 11.3 Å². The maximum atomic E-state index is 11.9. The molecule has 0 aliphatic carbocycles. The van der Waals surface area contributed by atoms with Gasteiger partial charge in [-0.25, -0.2) is 9.97 Å². The number of nitrogens with one attached hydrogen (secondary N) is 1. The van der Waals surface area contributed by atoms with E-state index < -0.39 is 0 Å². The number of benzene rings is 1. The molecule has 0 amide bonds. The first-order chi connectivity index (χ1) is 18.0. The number of carbonyl (C=O) groups is 1. The van der Waals surface area contributed by atoms with Crippen LogP contribution >= 0.6 is 23.2 Å². The van der Waals surface area contributed by atoms with Gasteiger partial charge in [-0.1, -0.05) is 50.6 Å². The zero-order chi connectivity index (χ0) is 27.6. The number of hydrogen-bond acceptors (Lipinski definition) is 8. The Hall–Kier alpha value is -2.94. The van der Waals surface area contributed by atoms with Crippen molar-refractivity contribution in [1.29, 1.82) is 0 Å². The molecule has 0 saturated carbocycles. The van der Waals surface area contributed by atoms with Crippen LogP contribution in [0.1, 0.15) is 32.9 Å². The highest BCUT2D eigenvalue weighted by Crippen LogP contribution is 2.46. The molecule has 2 atom stereocenters. The third-order valence-electron chi connectivity index (χ3n) is 6.37. The van der Waals surface area contributed by atoms with E-state index in [2.05, 4.69) is 37.7 Å². The molecule has 1 aromatic carbocycles. The average Bonchev–Trinajstić information content (AvgIpc) is 3.29. The molecular formula is C28H32Cl2N4O4. The van der Waals surface area contributed by atoms with E-state index >= 15 is 0 Å². The van der Waals surface area contributed by atoms with Gasteiger partial charge in [0.15, 0.2) is 5.78 Å². The summed E-state index contributed by atoms with van der Waals surface area (Å²) in [5.74, 6) is 1.32. The van der Waals surface area contributed by atoms with Crippen LogP contribution in [-0.4, -0.2) is 54.2 Å². The minimum absolute atomic E-state index is 0.0117. The van der Waals surface area contributed by atoms with Gasteiger partial charge in [0.05, 0.1) is 60.4 Å². The van der Waals surface area contributed by atoms with Gasteiger partial charge in [-0.3, -0.25) is 9.78 Å². The fourth-order valence-electron chi connectivity index (χ4n) is 4.51. The summed E-state index contributed by atoms with van der Waals surface area (Å²) >= 11 is 13.4. The number of nitrogens with zero attached hydrogens (tertiary/aromatic N) is 3. The molecule has 4 rings (SSSR count). The van der Waals surface area contributed by atoms with E-state index in [9.17, 15) is 4.79 Å². The minimum Gasteiger partial charge on any atom is -0.495 e. The van der Waals surface area contributed by atoms with Gasteiger partial charge in [0, 0.05) is 35.6 Å². The number of rotatable bonds is 9.